The molecule has 108 valence electrons. The number of carbonyl (C=O) groups is 2. The van der Waals surface area contributed by atoms with E-state index in [1.54, 1.807) is 48.5 Å². The van der Waals surface area contributed by atoms with E-state index in [0.29, 0.717) is 10.7 Å². The molecule has 0 aliphatic heterocycles. The Hall–Kier alpha value is -2.04. The second-order valence-corrected chi connectivity index (χ2v) is 5.08. The van der Waals surface area contributed by atoms with Crippen molar-refractivity contribution in [2.75, 3.05) is 11.4 Å². The summed E-state index contributed by atoms with van der Waals surface area (Å²) in [4.78, 5) is 24.7. The lowest BCUT2D eigenvalue weighted by Crippen LogP contribution is -2.35. The van der Waals surface area contributed by atoms with Gasteiger partial charge in [0.15, 0.2) is 0 Å². The highest BCUT2D eigenvalue weighted by molar-refractivity contribution is 6.34. The molecule has 0 spiro atoms. The third kappa shape index (κ3) is 3.74. The monoisotopic (exact) mass is 323 g/mol. The molecule has 0 saturated heterocycles. The second-order valence-electron chi connectivity index (χ2n) is 4.24. The summed E-state index contributed by atoms with van der Waals surface area (Å²) in [6.45, 7) is -0.467. The molecule has 2 rings (SSSR count). The third-order valence-corrected chi connectivity index (χ3v) is 3.36. The van der Waals surface area contributed by atoms with Gasteiger partial charge in [0.05, 0.1) is 10.6 Å². The van der Waals surface area contributed by atoms with E-state index in [4.69, 9.17) is 28.3 Å². The Balaban J connectivity index is 2.40. The molecule has 0 fully saturated rings. The SMILES string of the molecule is O=C(O)CN(C(=O)c1ccccc1Cl)c1ccc(Cl)cc1. The molecule has 2 aromatic carbocycles. The van der Waals surface area contributed by atoms with E-state index in [-0.39, 0.29) is 10.6 Å². The van der Waals surface area contributed by atoms with Crippen molar-refractivity contribution < 1.29 is 14.7 Å². The molecule has 2 aromatic rings. The molecular weight excluding hydrogens is 313 g/mol. The van der Waals surface area contributed by atoms with Crippen LogP contribution in [0, 0.1) is 0 Å². The van der Waals surface area contributed by atoms with Crippen LogP contribution in [0.1, 0.15) is 10.4 Å². The number of carboxylic acid groups (broad SMARTS) is 1. The fraction of sp³-hybridized carbons (Fsp3) is 0.0667. The number of aliphatic carboxylic acids is 1. The molecule has 1 N–H and O–H groups in total. The van der Waals surface area contributed by atoms with E-state index >= 15 is 0 Å². The minimum atomic E-state index is -1.12. The van der Waals surface area contributed by atoms with Gasteiger partial charge in [0.1, 0.15) is 6.54 Å². The van der Waals surface area contributed by atoms with Crippen LogP contribution in [0.2, 0.25) is 10.0 Å². The van der Waals surface area contributed by atoms with E-state index < -0.39 is 18.4 Å². The van der Waals surface area contributed by atoms with Gasteiger partial charge in [0.25, 0.3) is 5.91 Å². The normalized spacial score (nSPS) is 10.2. The lowest BCUT2D eigenvalue weighted by molar-refractivity contribution is -0.135. The number of benzene rings is 2. The lowest BCUT2D eigenvalue weighted by atomic mass is 10.1. The topological polar surface area (TPSA) is 57.6 Å². The molecule has 0 unspecified atom stereocenters. The number of anilines is 1. The molecule has 4 nitrogen and oxygen atoms in total. The molecule has 0 aromatic heterocycles. The van der Waals surface area contributed by atoms with Crippen LogP contribution >= 0.6 is 23.2 Å². The average molecular weight is 324 g/mol. The Labute approximate surface area is 131 Å². The molecule has 6 heteroatoms. The van der Waals surface area contributed by atoms with Gasteiger partial charge in [-0.3, -0.25) is 14.5 Å². The largest absolute Gasteiger partial charge is 0.480 e. The molecule has 0 aliphatic carbocycles. The lowest BCUT2D eigenvalue weighted by Gasteiger charge is -2.21. The van der Waals surface area contributed by atoms with Crippen LogP contribution in [0.5, 0.6) is 0 Å². The van der Waals surface area contributed by atoms with E-state index in [0.717, 1.165) is 4.90 Å². The van der Waals surface area contributed by atoms with Gasteiger partial charge in [0, 0.05) is 10.7 Å². The van der Waals surface area contributed by atoms with E-state index in [2.05, 4.69) is 0 Å². The summed E-state index contributed by atoms with van der Waals surface area (Å²) in [5, 5.41) is 9.78. The number of nitrogens with zero attached hydrogens (tertiary/aromatic N) is 1. The van der Waals surface area contributed by atoms with Gasteiger partial charge in [-0.05, 0) is 36.4 Å². The van der Waals surface area contributed by atoms with Crippen LogP contribution in [-0.2, 0) is 4.79 Å². The van der Waals surface area contributed by atoms with Gasteiger partial charge < -0.3 is 5.11 Å². The molecule has 21 heavy (non-hydrogen) atoms. The van der Waals surface area contributed by atoms with Gasteiger partial charge in [-0.15, -0.1) is 0 Å². The number of hydrogen-bond donors (Lipinski definition) is 1. The molecule has 1 amide bonds. The van der Waals surface area contributed by atoms with E-state index in [1.165, 1.54) is 0 Å². The predicted molar refractivity (Wildman–Crippen MR) is 82.2 cm³/mol. The zero-order chi connectivity index (χ0) is 15.4. The smallest absolute Gasteiger partial charge is 0.323 e. The fourth-order valence-corrected chi connectivity index (χ4v) is 2.16. The summed E-state index contributed by atoms with van der Waals surface area (Å²) in [5.41, 5.74) is 0.682. The third-order valence-electron chi connectivity index (χ3n) is 2.78. The molecule has 0 atom stereocenters. The molecule has 0 radical (unpaired) electrons. The molecule has 0 bridgehead atoms. The number of carboxylic acids is 1. The maximum atomic E-state index is 12.5. The van der Waals surface area contributed by atoms with Crippen molar-refractivity contribution >= 4 is 40.8 Å². The number of hydrogen-bond acceptors (Lipinski definition) is 2. The highest BCUT2D eigenvalue weighted by Crippen LogP contribution is 2.23. The van der Waals surface area contributed by atoms with Crippen molar-refractivity contribution in [1.82, 2.24) is 0 Å². The molecular formula is C15H11Cl2NO3. The first kappa shape index (κ1) is 15.4. The quantitative estimate of drug-likeness (QED) is 0.932. The zero-order valence-corrected chi connectivity index (χ0v) is 12.3. The second kappa shape index (κ2) is 6.61. The maximum absolute atomic E-state index is 12.5. The Morgan fingerprint density at radius 1 is 1.00 bits per heavy atom. The Kier molecular flexibility index (Phi) is 4.83. The fourth-order valence-electron chi connectivity index (χ4n) is 1.82. The molecule has 0 aliphatic rings. The van der Waals surface area contributed by atoms with Crippen molar-refractivity contribution in [3.05, 3.63) is 64.1 Å². The minimum Gasteiger partial charge on any atom is -0.480 e. The van der Waals surface area contributed by atoms with Crippen molar-refractivity contribution in [3.63, 3.8) is 0 Å². The first-order valence-corrected chi connectivity index (χ1v) is 6.78. The Morgan fingerprint density at radius 3 is 2.19 bits per heavy atom. The summed E-state index contributed by atoms with van der Waals surface area (Å²) in [7, 11) is 0. The average Bonchev–Trinajstić information content (AvgIpc) is 2.45. The number of rotatable bonds is 4. The van der Waals surface area contributed by atoms with Gasteiger partial charge in [0.2, 0.25) is 0 Å². The van der Waals surface area contributed by atoms with Crippen LogP contribution in [0.25, 0.3) is 0 Å². The maximum Gasteiger partial charge on any atom is 0.323 e. The predicted octanol–water partition coefficient (Wildman–Crippen LogP) is 3.72. The van der Waals surface area contributed by atoms with Gasteiger partial charge in [-0.25, -0.2) is 0 Å². The first-order valence-electron chi connectivity index (χ1n) is 6.03. The molecule has 0 saturated carbocycles. The number of carbonyl (C=O) groups excluding carboxylic acids is 1. The van der Waals surface area contributed by atoms with E-state index in [1.807, 2.05) is 0 Å². The van der Waals surface area contributed by atoms with Crippen LogP contribution in [0.3, 0.4) is 0 Å². The minimum absolute atomic E-state index is 0.246. The van der Waals surface area contributed by atoms with Crippen molar-refractivity contribution in [2.45, 2.75) is 0 Å². The summed E-state index contributed by atoms with van der Waals surface area (Å²) in [6.07, 6.45) is 0. The Bertz CT molecular complexity index is 671. The highest BCUT2D eigenvalue weighted by atomic mass is 35.5. The summed E-state index contributed by atoms with van der Waals surface area (Å²) >= 11 is 11.8. The van der Waals surface area contributed by atoms with Crippen LogP contribution in [-0.4, -0.2) is 23.5 Å². The van der Waals surface area contributed by atoms with Gasteiger partial charge >= 0.3 is 5.97 Å². The van der Waals surface area contributed by atoms with Gasteiger partial charge in [-0.2, -0.15) is 0 Å². The number of amides is 1. The van der Waals surface area contributed by atoms with E-state index in [9.17, 15) is 9.59 Å². The first-order chi connectivity index (χ1) is 9.99. The number of halogens is 2. The summed E-state index contributed by atoms with van der Waals surface area (Å²) < 4.78 is 0. The zero-order valence-electron chi connectivity index (χ0n) is 10.8. The van der Waals surface area contributed by atoms with Crippen molar-refractivity contribution in [1.29, 1.82) is 0 Å². The standard InChI is InChI=1S/C15H11Cl2NO3/c16-10-5-7-11(8-6-10)18(9-14(19)20)15(21)12-3-1-2-4-13(12)17/h1-8H,9H2,(H,19,20). The Morgan fingerprint density at radius 2 is 1.62 bits per heavy atom. The van der Waals surface area contributed by atoms with Crippen LogP contribution in [0.4, 0.5) is 5.69 Å². The summed E-state index contributed by atoms with van der Waals surface area (Å²) in [6, 6.07) is 12.8. The van der Waals surface area contributed by atoms with Crippen molar-refractivity contribution in [3.8, 4) is 0 Å². The van der Waals surface area contributed by atoms with Crippen LogP contribution < -0.4 is 4.90 Å². The van der Waals surface area contributed by atoms with Crippen LogP contribution in [0.15, 0.2) is 48.5 Å². The molecule has 0 heterocycles. The summed E-state index contributed by atoms with van der Waals surface area (Å²) in [5.74, 6) is -1.60. The van der Waals surface area contributed by atoms with Crippen molar-refractivity contribution in [2.24, 2.45) is 0 Å². The highest BCUT2D eigenvalue weighted by Gasteiger charge is 2.22. The van der Waals surface area contributed by atoms with Gasteiger partial charge in [-0.1, -0.05) is 35.3 Å².